The second-order valence-electron chi connectivity index (χ2n) is 7.52. The molecule has 4 N–H and O–H groups in total. The number of hydrogen-bond acceptors (Lipinski definition) is 5. The number of aliphatic carboxylic acids is 1. The fourth-order valence-electron chi connectivity index (χ4n) is 3.68. The highest BCUT2D eigenvalue weighted by Gasteiger charge is 2.29. The number of amides is 3. The minimum absolute atomic E-state index is 0.0848. The molecule has 1 aliphatic carbocycles. The fourth-order valence-corrected chi connectivity index (χ4v) is 3.68. The number of benzene rings is 2. The van der Waals surface area contributed by atoms with Crippen molar-refractivity contribution in [2.75, 3.05) is 19.7 Å². The van der Waals surface area contributed by atoms with Gasteiger partial charge in [-0.05, 0) is 29.2 Å². The van der Waals surface area contributed by atoms with Crippen molar-refractivity contribution in [3.05, 3.63) is 59.7 Å². The molecule has 0 unspecified atom stereocenters. The molecule has 2 aromatic rings. The summed E-state index contributed by atoms with van der Waals surface area (Å²) in [7, 11) is 0. The molecule has 0 aliphatic heterocycles. The number of fused-ring (bicyclic) bond motifs is 3. The quantitative estimate of drug-likeness (QED) is 0.469. The van der Waals surface area contributed by atoms with Gasteiger partial charge >= 0.3 is 12.1 Å². The number of rotatable bonds is 9. The van der Waals surface area contributed by atoms with Crippen molar-refractivity contribution >= 4 is 23.9 Å². The Morgan fingerprint density at radius 3 is 2.06 bits per heavy atom. The monoisotopic (exact) mass is 439 g/mol. The summed E-state index contributed by atoms with van der Waals surface area (Å²) in [5.74, 6) is -2.21. The largest absolute Gasteiger partial charge is 0.481 e. The van der Waals surface area contributed by atoms with Crippen molar-refractivity contribution in [3.63, 3.8) is 0 Å². The van der Waals surface area contributed by atoms with Crippen LogP contribution in [0.25, 0.3) is 11.1 Å². The van der Waals surface area contributed by atoms with E-state index >= 15 is 0 Å². The molecule has 0 saturated carbocycles. The van der Waals surface area contributed by atoms with Gasteiger partial charge in [0.25, 0.3) is 0 Å². The molecule has 0 radical (unpaired) electrons. The number of nitrogens with one attached hydrogen (secondary N) is 3. The average Bonchev–Trinajstić information content (AvgIpc) is 3.08. The molecule has 1 aliphatic rings. The lowest BCUT2D eigenvalue weighted by Gasteiger charge is -2.15. The maximum atomic E-state index is 12.1. The number of carbonyl (C=O) groups excluding carboxylic acids is 3. The number of carboxylic acid groups (broad SMARTS) is 1. The smallest absolute Gasteiger partial charge is 0.407 e. The van der Waals surface area contributed by atoms with Gasteiger partial charge < -0.3 is 25.8 Å². The molecule has 0 saturated heterocycles. The molecule has 1 atom stereocenters. The van der Waals surface area contributed by atoms with Crippen molar-refractivity contribution in [2.24, 2.45) is 0 Å². The molecular formula is C23H25N3O6. The van der Waals surface area contributed by atoms with E-state index in [9.17, 15) is 19.2 Å². The SMILES string of the molecule is C[C@H](CC(=O)O)NC(=O)CNC(=O)CNC(=O)OCC1c2ccccc2-c2ccccc21. The zero-order valence-electron chi connectivity index (χ0n) is 17.6. The van der Waals surface area contributed by atoms with Gasteiger partial charge in [-0.15, -0.1) is 0 Å². The van der Waals surface area contributed by atoms with E-state index in [1.54, 1.807) is 6.92 Å². The summed E-state index contributed by atoms with van der Waals surface area (Å²) in [6.45, 7) is 1.00. The van der Waals surface area contributed by atoms with E-state index in [1.807, 2.05) is 48.5 Å². The fraction of sp³-hybridized carbons (Fsp3) is 0.304. The average molecular weight is 439 g/mol. The summed E-state index contributed by atoms with van der Waals surface area (Å²) in [5, 5.41) is 15.8. The highest BCUT2D eigenvalue weighted by atomic mass is 16.5. The summed E-state index contributed by atoms with van der Waals surface area (Å²) >= 11 is 0. The second kappa shape index (κ2) is 10.4. The highest BCUT2D eigenvalue weighted by Crippen LogP contribution is 2.44. The zero-order valence-corrected chi connectivity index (χ0v) is 17.6. The van der Waals surface area contributed by atoms with Crippen LogP contribution in [0.15, 0.2) is 48.5 Å². The summed E-state index contributed by atoms with van der Waals surface area (Å²) in [5.41, 5.74) is 4.41. The topological polar surface area (TPSA) is 134 Å². The van der Waals surface area contributed by atoms with Gasteiger partial charge in [0.05, 0.1) is 13.0 Å². The molecule has 0 spiro atoms. The Bertz CT molecular complexity index is 977. The van der Waals surface area contributed by atoms with Crippen molar-refractivity contribution < 1.29 is 29.0 Å². The van der Waals surface area contributed by atoms with Gasteiger partial charge in [-0.2, -0.15) is 0 Å². The van der Waals surface area contributed by atoms with Crippen LogP contribution in [0.3, 0.4) is 0 Å². The first-order valence-corrected chi connectivity index (χ1v) is 10.2. The third kappa shape index (κ3) is 5.84. The Labute approximate surface area is 185 Å². The van der Waals surface area contributed by atoms with E-state index in [2.05, 4.69) is 16.0 Å². The highest BCUT2D eigenvalue weighted by molar-refractivity contribution is 5.87. The predicted molar refractivity (Wildman–Crippen MR) is 116 cm³/mol. The molecule has 9 nitrogen and oxygen atoms in total. The Hall–Kier alpha value is -3.88. The van der Waals surface area contributed by atoms with Crippen molar-refractivity contribution in [1.29, 1.82) is 0 Å². The zero-order chi connectivity index (χ0) is 23.1. The lowest BCUT2D eigenvalue weighted by molar-refractivity contribution is -0.137. The summed E-state index contributed by atoms with van der Waals surface area (Å²) < 4.78 is 5.34. The molecule has 9 heteroatoms. The Morgan fingerprint density at radius 2 is 1.47 bits per heavy atom. The van der Waals surface area contributed by atoms with Gasteiger partial charge in [0, 0.05) is 12.0 Å². The molecular weight excluding hydrogens is 414 g/mol. The van der Waals surface area contributed by atoms with Crippen LogP contribution in [0.4, 0.5) is 4.79 Å². The van der Waals surface area contributed by atoms with Crippen molar-refractivity contribution in [3.8, 4) is 11.1 Å². The number of carboxylic acids is 1. The summed E-state index contributed by atoms with van der Waals surface area (Å²) in [6, 6.07) is 15.4. The minimum Gasteiger partial charge on any atom is -0.481 e. The van der Waals surface area contributed by atoms with E-state index in [4.69, 9.17) is 9.84 Å². The summed E-state index contributed by atoms with van der Waals surface area (Å²) in [6.07, 6.45) is -0.954. The van der Waals surface area contributed by atoms with Gasteiger partial charge in [0.15, 0.2) is 0 Å². The van der Waals surface area contributed by atoms with E-state index in [-0.39, 0.29) is 32.0 Å². The number of hydrogen-bond donors (Lipinski definition) is 4. The first-order valence-electron chi connectivity index (χ1n) is 10.2. The van der Waals surface area contributed by atoms with E-state index in [1.165, 1.54) is 0 Å². The van der Waals surface area contributed by atoms with Gasteiger partial charge in [0.2, 0.25) is 11.8 Å². The number of ether oxygens (including phenoxy) is 1. The third-order valence-electron chi connectivity index (χ3n) is 5.07. The molecule has 0 heterocycles. The van der Waals surface area contributed by atoms with Gasteiger partial charge in [0.1, 0.15) is 13.2 Å². The van der Waals surface area contributed by atoms with Gasteiger partial charge in [-0.25, -0.2) is 4.79 Å². The normalized spacial score (nSPS) is 12.8. The van der Waals surface area contributed by atoms with Crippen molar-refractivity contribution in [2.45, 2.75) is 25.3 Å². The molecule has 0 bridgehead atoms. The van der Waals surface area contributed by atoms with E-state index in [0.29, 0.717) is 0 Å². The molecule has 3 rings (SSSR count). The van der Waals surface area contributed by atoms with Crippen LogP contribution >= 0.6 is 0 Å². The number of alkyl carbamates (subject to hydrolysis) is 1. The molecule has 3 amide bonds. The lowest BCUT2D eigenvalue weighted by atomic mass is 9.98. The first kappa shape index (κ1) is 22.8. The van der Waals surface area contributed by atoms with Crippen molar-refractivity contribution in [1.82, 2.24) is 16.0 Å². The van der Waals surface area contributed by atoms with E-state index in [0.717, 1.165) is 22.3 Å². The summed E-state index contributed by atoms with van der Waals surface area (Å²) in [4.78, 5) is 46.2. The Morgan fingerprint density at radius 1 is 0.906 bits per heavy atom. The van der Waals surface area contributed by atoms with Crippen LogP contribution in [-0.4, -0.2) is 54.7 Å². The van der Waals surface area contributed by atoms with E-state index < -0.39 is 29.9 Å². The Kier molecular flexibility index (Phi) is 7.43. The van der Waals surface area contributed by atoms with Crippen LogP contribution in [0, 0.1) is 0 Å². The van der Waals surface area contributed by atoms with Crippen LogP contribution in [0.2, 0.25) is 0 Å². The predicted octanol–water partition coefficient (Wildman–Crippen LogP) is 1.62. The maximum Gasteiger partial charge on any atom is 0.407 e. The van der Waals surface area contributed by atoms with Gasteiger partial charge in [-0.3, -0.25) is 14.4 Å². The third-order valence-corrected chi connectivity index (χ3v) is 5.07. The molecule has 168 valence electrons. The molecule has 0 fully saturated rings. The van der Waals surface area contributed by atoms with Crippen LogP contribution < -0.4 is 16.0 Å². The minimum atomic E-state index is -1.03. The van der Waals surface area contributed by atoms with Crippen LogP contribution in [0.5, 0.6) is 0 Å². The molecule has 0 aromatic heterocycles. The van der Waals surface area contributed by atoms with Crippen LogP contribution in [0.1, 0.15) is 30.4 Å². The number of carbonyl (C=O) groups is 4. The molecule has 2 aromatic carbocycles. The standard InChI is InChI=1S/C23H25N3O6/c1-14(10-22(29)30)26-21(28)12-24-20(27)11-25-23(31)32-13-19-17-8-4-2-6-15(17)16-7-3-5-9-18(16)19/h2-9,14,19H,10-13H2,1H3,(H,24,27)(H,25,31)(H,26,28)(H,29,30)/t14-/m1/s1. The Balaban J connectivity index is 1.42. The van der Waals surface area contributed by atoms with Gasteiger partial charge in [-0.1, -0.05) is 48.5 Å². The second-order valence-corrected chi connectivity index (χ2v) is 7.52. The maximum absolute atomic E-state index is 12.1. The van der Waals surface area contributed by atoms with Crippen LogP contribution in [-0.2, 0) is 19.1 Å². The molecule has 32 heavy (non-hydrogen) atoms. The lowest BCUT2D eigenvalue weighted by Crippen LogP contribution is -2.44. The first-order chi connectivity index (χ1) is 15.3.